The first-order valence-corrected chi connectivity index (χ1v) is 8.15. The van der Waals surface area contributed by atoms with Crippen LogP contribution in [0.2, 0.25) is 0 Å². The Morgan fingerprint density at radius 3 is 2.65 bits per heavy atom. The topological polar surface area (TPSA) is 52.7 Å². The zero-order valence-electron chi connectivity index (χ0n) is 13.4. The van der Waals surface area contributed by atoms with Crippen molar-refractivity contribution >= 4 is 12.2 Å². The first-order valence-electron chi connectivity index (χ1n) is 7.74. The number of aromatic nitrogens is 2. The minimum Gasteiger partial charge on any atom is -0.497 e. The third kappa shape index (κ3) is 3.56. The summed E-state index contributed by atoms with van der Waals surface area (Å²) in [4.78, 5) is 2.72. The van der Waals surface area contributed by atoms with Crippen LogP contribution in [-0.2, 0) is 6.67 Å². The summed E-state index contributed by atoms with van der Waals surface area (Å²) in [5.74, 6) is 1.83. The molecule has 0 radical (unpaired) electrons. The lowest BCUT2D eigenvalue weighted by molar-refractivity contribution is 0.170. The van der Waals surface area contributed by atoms with Crippen molar-refractivity contribution in [2.24, 2.45) is 0 Å². The van der Waals surface area contributed by atoms with Crippen LogP contribution in [0.3, 0.4) is 0 Å². The lowest BCUT2D eigenvalue weighted by Crippen LogP contribution is -2.32. The fourth-order valence-electron chi connectivity index (χ4n) is 2.77. The third-order valence-corrected chi connectivity index (χ3v) is 4.32. The van der Waals surface area contributed by atoms with Gasteiger partial charge < -0.3 is 13.9 Å². The Bertz CT molecular complexity index is 720. The fraction of sp³-hybridized carbons (Fsp3) is 0.500. The number of hydrogen-bond acceptors (Lipinski definition) is 6. The van der Waals surface area contributed by atoms with E-state index in [1.807, 2.05) is 12.1 Å². The predicted molar refractivity (Wildman–Crippen MR) is 89.3 cm³/mol. The van der Waals surface area contributed by atoms with Crippen molar-refractivity contribution in [3.8, 4) is 23.0 Å². The number of nitrogens with zero attached hydrogens (tertiary/aromatic N) is 3. The lowest BCUT2D eigenvalue weighted by atomic mass is 10.1. The smallest absolute Gasteiger partial charge is 0.288 e. The monoisotopic (exact) mass is 335 g/mol. The second kappa shape index (κ2) is 7.14. The average Bonchev–Trinajstić information content (AvgIpc) is 2.95. The van der Waals surface area contributed by atoms with Gasteiger partial charge in [0.1, 0.15) is 11.5 Å². The molecule has 3 rings (SSSR count). The predicted octanol–water partition coefficient (Wildman–Crippen LogP) is 3.33. The highest BCUT2D eigenvalue weighted by atomic mass is 32.1. The number of likely N-dealkylation sites (tertiary alicyclic amines) is 1. The largest absolute Gasteiger partial charge is 0.497 e. The van der Waals surface area contributed by atoms with Gasteiger partial charge in [-0.05, 0) is 50.3 Å². The van der Waals surface area contributed by atoms with Crippen molar-refractivity contribution in [2.75, 3.05) is 27.3 Å². The van der Waals surface area contributed by atoms with E-state index in [9.17, 15) is 0 Å². The minimum atomic E-state index is 0.378. The molecule has 0 amide bonds. The molecular formula is C16H21N3O3S. The maximum Gasteiger partial charge on any atom is 0.288 e. The van der Waals surface area contributed by atoms with Gasteiger partial charge in [0.2, 0.25) is 0 Å². The van der Waals surface area contributed by atoms with Crippen LogP contribution in [-0.4, -0.2) is 42.0 Å². The van der Waals surface area contributed by atoms with Crippen molar-refractivity contribution in [3.63, 3.8) is 0 Å². The van der Waals surface area contributed by atoms with Crippen molar-refractivity contribution in [1.29, 1.82) is 0 Å². The van der Waals surface area contributed by atoms with Gasteiger partial charge in [-0.3, -0.25) is 4.90 Å². The molecule has 1 aliphatic rings. The molecule has 1 aromatic carbocycles. The van der Waals surface area contributed by atoms with Crippen LogP contribution in [0.5, 0.6) is 11.5 Å². The quantitative estimate of drug-likeness (QED) is 0.781. The van der Waals surface area contributed by atoms with Gasteiger partial charge in [-0.2, -0.15) is 0 Å². The molecule has 0 atom stereocenters. The molecule has 1 saturated heterocycles. The van der Waals surface area contributed by atoms with Gasteiger partial charge in [0.05, 0.1) is 26.5 Å². The Balaban J connectivity index is 1.86. The van der Waals surface area contributed by atoms with E-state index in [-0.39, 0.29) is 0 Å². The molecule has 2 heterocycles. The standard InChI is InChI=1S/C16H21N3O3S/c1-20-12-6-7-13(14(10-12)21-2)15-17-19(16(23)22-15)11-18-8-4-3-5-9-18/h6-7,10H,3-5,8-9,11H2,1-2H3. The summed E-state index contributed by atoms with van der Waals surface area (Å²) in [6.45, 7) is 2.83. The molecule has 7 heteroatoms. The van der Waals surface area contributed by atoms with Gasteiger partial charge in [-0.1, -0.05) is 6.42 Å². The third-order valence-electron chi connectivity index (χ3n) is 4.03. The van der Waals surface area contributed by atoms with Crippen LogP contribution in [0.25, 0.3) is 11.5 Å². The van der Waals surface area contributed by atoms with E-state index in [0.717, 1.165) is 24.4 Å². The number of benzene rings is 1. The van der Waals surface area contributed by atoms with Crippen molar-refractivity contribution in [1.82, 2.24) is 14.7 Å². The first-order chi connectivity index (χ1) is 11.2. The van der Waals surface area contributed by atoms with Gasteiger partial charge in [0, 0.05) is 6.07 Å². The molecule has 2 aromatic rings. The van der Waals surface area contributed by atoms with Gasteiger partial charge in [-0.15, -0.1) is 5.10 Å². The highest BCUT2D eigenvalue weighted by Gasteiger charge is 2.17. The number of ether oxygens (including phenoxy) is 2. The molecule has 0 saturated carbocycles. The number of hydrogen-bond donors (Lipinski definition) is 0. The zero-order chi connectivity index (χ0) is 16.2. The molecule has 0 aliphatic carbocycles. The van der Waals surface area contributed by atoms with E-state index in [1.54, 1.807) is 25.0 Å². The molecule has 124 valence electrons. The molecular weight excluding hydrogens is 314 g/mol. The highest BCUT2D eigenvalue weighted by Crippen LogP contribution is 2.32. The second-order valence-corrected chi connectivity index (χ2v) is 5.91. The molecule has 0 unspecified atom stereocenters. The summed E-state index contributed by atoms with van der Waals surface area (Å²) in [5.41, 5.74) is 0.761. The van der Waals surface area contributed by atoms with Crippen molar-refractivity contribution in [3.05, 3.63) is 23.0 Å². The number of methoxy groups -OCH3 is 2. The number of piperidine rings is 1. The second-order valence-electron chi connectivity index (χ2n) is 5.56. The Hall–Kier alpha value is -1.86. The van der Waals surface area contributed by atoms with Gasteiger partial charge in [0.25, 0.3) is 10.7 Å². The van der Waals surface area contributed by atoms with E-state index in [1.165, 1.54) is 19.3 Å². The van der Waals surface area contributed by atoms with Gasteiger partial charge in [-0.25, -0.2) is 4.68 Å². The molecule has 0 bridgehead atoms. The lowest BCUT2D eigenvalue weighted by Gasteiger charge is -2.25. The average molecular weight is 335 g/mol. The van der Waals surface area contributed by atoms with E-state index < -0.39 is 0 Å². The van der Waals surface area contributed by atoms with Crippen molar-refractivity contribution in [2.45, 2.75) is 25.9 Å². The Kier molecular flexibility index (Phi) is 4.97. The summed E-state index contributed by atoms with van der Waals surface area (Å²) in [7, 11) is 3.23. The molecule has 1 fully saturated rings. The zero-order valence-corrected chi connectivity index (χ0v) is 14.3. The van der Waals surface area contributed by atoms with E-state index in [2.05, 4.69) is 10.00 Å². The van der Waals surface area contributed by atoms with Crippen LogP contribution in [0, 0.1) is 4.84 Å². The molecule has 1 aliphatic heterocycles. The summed E-state index contributed by atoms with van der Waals surface area (Å²) in [6.07, 6.45) is 3.75. The summed E-state index contributed by atoms with van der Waals surface area (Å²) in [6, 6.07) is 5.52. The van der Waals surface area contributed by atoms with Crippen LogP contribution in [0.1, 0.15) is 19.3 Å². The van der Waals surface area contributed by atoms with E-state index >= 15 is 0 Å². The maximum atomic E-state index is 5.68. The molecule has 0 spiro atoms. The van der Waals surface area contributed by atoms with Gasteiger partial charge in [0.15, 0.2) is 0 Å². The van der Waals surface area contributed by atoms with Crippen LogP contribution < -0.4 is 9.47 Å². The minimum absolute atomic E-state index is 0.378. The summed E-state index contributed by atoms with van der Waals surface area (Å²) in [5, 5.41) is 4.52. The summed E-state index contributed by atoms with van der Waals surface area (Å²) >= 11 is 5.31. The van der Waals surface area contributed by atoms with Crippen molar-refractivity contribution < 1.29 is 13.9 Å². The molecule has 6 nitrogen and oxygen atoms in total. The molecule has 1 aromatic heterocycles. The van der Waals surface area contributed by atoms with E-state index in [4.69, 9.17) is 26.1 Å². The maximum absolute atomic E-state index is 5.68. The fourth-order valence-corrected chi connectivity index (χ4v) is 2.95. The van der Waals surface area contributed by atoms with Gasteiger partial charge >= 0.3 is 0 Å². The van der Waals surface area contributed by atoms with Crippen LogP contribution in [0.15, 0.2) is 22.6 Å². The van der Waals surface area contributed by atoms with Crippen LogP contribution in [0.4, 0.5) is 0 Å². The van der Waals surface area contributed by atoms with Crippen LogP contribution >= 0.6 is 12.2 Å². The Labute approximate surface area is 140 Å². The first kappa shape index (κ1) is 16.0. The Morgan fingerprint density at radius 2 is 1.96 bits per heavy atom. The summed E-state index contributed by atoms with van der Waals surface area (Å²) < 4.78 is 18.0. The Morgan fingerprint density at radius 1 is 1.17 bits per heavy atom. The molecule has 23 heavy (non-hydrogen) atoms. The number of rotatable bonds is 5. The normalized spacial score (nSPS) is 15.6. The molecule has 0 N–H and O–H groups in total. The SMILES string of the molecule is COc1ccc(-c2nn(CN3CCCCC3)c(=S)o2)c(OC)c1. The van der Waals surface area contributed by atoms with E-state index in [0.29, 0.717) is 23.1 Å². The highest BCUT2D eigenvalue weighted by molar-refractivity contribution is 7.71.